The number of thioether (sulfide) groups is 1. The quantitative estimate of drug-likeness (QED) is 0.453. The molecule has 3 aromatic carbocycles. The minimum Gasteiger partial charge on any atom is -0.454 e. The van der Waals surface area contributed by atoms with Crippen LogP contribution in [0.4, 0.5) is 5.69 Å². The molecule has 0 saturated carbocycles. The van der Waals surface area contributed by atoms with Crippen LogP contribution in [0, 0.1) is 6.92 Å². The minimum atomic E-state index is -0.511. The predicted octanol–water partition coefficient (Wildman–Crippen LogP) is 4.63. The van der Waals surface area contributed by atoms with Crippen molar-refractivity contribution in [1.29, 1.82) is 0 Å². The second-order valence-electron chi connectivity index (χ2n) is 9.18. The number of anilines is 1. The van der Waals surface area contributed by atoms with Gasteiger partial charge < -0.3 is 24.3 Å². The molecule has 0 aliphatic carbocycles. The van der Waals surface area contributed by atoms with Gasteiger partial charge in [0.05, 0.1) is 10.9 Å². The molecule has 0 aromatic heterocycles. The molecule has 3 aromatic rings. The standard InChI is InChI=1S/C29H25N3O6S/c1-17-3-7-21(8-4-17)32-28(34)22(11-19-5-9-23-25(12-19)37-15-35-23)31-29(32)39-18(2)27(33)30-14-20-6-10-24-26(13-20)38-16-36-24/h3-13,18H,14-16H2,1-2H3,(H,30,33)/b22-11-. The van der Waals surface area contributed by atoms with Crippen LogP contribution in [0.3, 0.4) is 0 Å². The zero-order chi connectivity index (χ0) is 26.9. The molecule has 2 amide bonds. The summed E-state index contributed by atoms with van der Waals surface area (Å²) >= 11 is 1.23. The van der Waals surface area contributed by atoms with Crippen molar-refractivity contribution >= 4 is 40.5 Å². The van der Waals surface area contributed by atoms with Crippen LogP contribution in [0.15, 0.2) is 71.4 Å². The number of aliphatic imine (C=N–C) groups is 1. The van der Waals surface area contributed by atoms with E-state index >= 15 is 0 Å². The fourth-order valence-corrected chi connectivity index (χ4v) is 5.20. The van der Waals surface area contributed by atoms with Crippen LogP contribution >= 0.6 is 11.8 Å². The summed E-state index contributed by atoms with van der Waals surface area (Å²) in [6, 6.07) is 18.6. The highest BCUT2D eigenvalue weighted by atomic mass is 32.2. The predicted molar refractivity (Wildman–Crippen MR) is 148 cm³/mol. The highest BCUT2D eigenvalue weighted by Crippen LogP contribution is 2.36. The van der Waals surface area contributed by atoms with Crippen LogP contribution in [0.2, 0.25) is 0 Å². The Morgan fingerprint density at radius 3 is 2.38 bits per heavy atom. The van der Waals surface area contributed by atoms with Gasteiger partial charge in [-0.1, -0.05) is 41.6 Å². The van der Waals surface area contributed by atoms with Crippen molar-refractivity contribution in [3.05, 3.63) is 83.1 Å². The molecule has 198 valence electrons. The van der Waals surface area contributed by atoms with E-state index in [1.54, 1.807) is 24.0 Å². The van der Waals surface area contributed by atoms with Gasteiger partial charge in [-0.3, -0.25) is 14.5 Å². The Balaban J connectivity index is 1.21. The van der Waals surface area contributed by atoms with Crippen molar-refractivity contribution < 1.29 is 28.5 Å². The van der Waals surface area contributed by atoms with E-state index in [4.69, 9.17) is 18.9 Å². The molecule has 3 aliphatic rings. The van der Waals surface area contributed by atoms with Crippen molar-refractivity contribution in [2.24, 2.45) is 4.99 Å². The van der Waals surface area contributed by atoms with E-state index in [0.717, 1.165) is 16.7 Å². The number of benzene rings is 3. The number of ether oxygens (including phenoxy) is 4. The molecule has 0 bridgehead atoms. The lowest BCUT2D eigenvalue weighted by Gasteiger charge is -2.20. The molecular weight excluding hydrogens is 518 g/mol. The number of rotatable bonds is 6. The average Bonchev–Trinajstić information content (AvgIpc) is 3.67. The number of aryl methyl sites for hydroxylation is 1. The summed E-state index contributed by atoms with van der Waals surface area (Å²) in [4.78, 5) is 32.7. The van der Waals surface area contributed by atoms with Gasteiger partial charge in [0, 0.05) is 6.54 Å². The van der Waals surface area contributed by atoms with Gasteiger partial charge >= 0.3 is 0 Å². The van der Waals surface area contributed by atoms with Crippen molar-refractivity contribution in [3.63, 3.8) is 0 Å². The molecule has 0 radical (unpaired) electrons. The summed E-state index contributed by atoms with van der Waals surface area (Å²) < 4.78 is 21.6. The van der Waals surface area contributed by atoms with Crippen LogP contribution in [0.25, 0.3) is 6.08 Å². The summed E-state index contributed by atoms with van der Waals surface area (Å²) in [6.07, 6.45) is 1.71. The van der Waals surface area contributed by atoms with Crippen LogP contribution in [0.5, 0.6) is 23.0 Å². The van der Waals surface area contributed by atoms with Gasteiger partial charge in [0.2, 0.25) is 19.5 Å². The Kier molecular flexibility index (Phi) is 6.62. The minimum absolute atomic E-state index is 0.170. The zero-order valence-electron chi connectivity index (χ0n) is 21.3. The number of hydrogen-bond donors (Lipinski definition) is 1. The van der Waals surface area contributed by atoms with E-state index in [1.165, 1.54) is 11.8 Å². The summed E-state index contributed by atoms with van der Waals surface area (Å²) in [5.41, 5.74) is 3.68. The molecule has 3 aliphatic heterocycles. The molecule has 3 heterocycles. The van der Waals surface area contributed by atoms with E-state index in [9.17, 15) is 9.59 Å². The van der Waals surface area contributed by atoms with Gasteiger partial charge in [-0.05, 0) is 67.4 Å². The monoisotopic (exact) mass is 543 g/mol. The highest BCUT2D eigenvalue weighted by molar-refractivity contribution is 8.15. The number of amides is 2. The van der Waals surface area contributed by atoms with E-state index in [1.807, 2.05) is 61.5 Å². The fourth-order valence-electron chi connectivity index (χ4n) is 4.25. The van der Waals surface area contributed by atoms with E-state index in [0.29, 0.717) is 40.4 Å². The Hall–Kier alpha value is -4.44. The number of carbonyl (C=O) groups excluding carboxylic acids is 2. The average molecular weight is 544 g/mol. The second-order valence-corrected chi connectivity index (χ2v) is 10.5. The van der Waals surface area contributed by atoms with Crippen molar-refractivity contribution in [3.8, 4) is 23.0 Å². The Labute approximate surface area is 229 Å². The van der Waals surface area contributed by atoms with Crippen LogP contribution in [0.1, 0.15) is 23.6 Å². The van der Waals surface area contributed by atoms with E-state index < -0.39 is 5.25 Å². The molecule has 10 heteroatoms. The number of amidine groups is 1. The number of carbonyl (C=O) groups is 2. The SMILES string of the molecule is Cc1ccc(N2C(=O)/C(=C/c3ccc4c(c3)OCO4)N=C2SC(C)C(=O)NCc2ccc3c(c2)OCO3)cc1. The summed E-state index contributed by atoms with van der Waals surface area (Å²) in [7, 11) is 0. The summed E-state index contributed by atoms with van der Waals surface area (Å²) in [5.74, 6) is 2.20. The molecular formula is C29H25N3O6S. The van der Waals surface area contributed by atoms with E-state index in [2.05, 4.69) is 10.3 Å². The smallest absolute Gasteiger partial charge is 0.283 e. The first-order chi connectivity index (χ1) is 18.9. The van der Waals surface area contributed by atoms with E-state index in [-0.39, 0.29) is 31.1 Å². The third kappa shape index (κ3) is 5.15. The summed E-state index contributed by atoms with van der Waals surface area (Å²) in [5, 5.41) is 2.88. The number of hydrogen-bond acceptors (Lipinski definition) is 8. The van der Waals surface area contributed by atoms with Gasteiger partial charge in [-0.15, -0.1) is 0 Å². The first-order valence-electron chi connectivity index (χ1n) is 12.4. The molecule has 6 rings (SSSR count). The zero-order valence-corrected chi connectivity index (χ0v) is 22.1. The number of nitrogens with zero attached hydrogens (tertiary/aromatic N) is 2. The lowest BCUT2D eigenvalue weighted by Crippen LogP contribution is -2.35. The number of fused-ring (bicyclic) bond motifs is 2. The molecule has 0 saturated heterocycles. The third-order valence-corrected chi connectivity index (χ3v) is 7.43. The van der Waals surface area contributed by atoms with Crippen LogP contribution in [-0.2, 0) is 16.1 Å². The topological polar surface area (TPSA) is 98.7 Å². The van der Waals surface area contributed by atoms with Crippen LogP contribution in [-0.4, -0.2) is 35.8 Å². The maximum absolute atomic E-state index is 13.5. The molecule has 0 fully saturated rings. The van der Waals surface area contributed by atoms with Crippen molar-refractivity contribution in [1.82, 2.24) is 5.32 Å². The first kappa shape index (κ1) is 24.9. The molecule has 1 atom stereocenters. The summed E-state index contributed by atoms with van der Waals surface area (Å²) in [6.45, 7) is 4.48. The molecule has 9 nitrogen and oxygen atoms in total. The first-order valence-corrected chi connectivity index (χ1v) is 13.3. The largest absolute Gasteiger partial charge is 0.454 e. The normalized spacial score (nSPS) is 17.0. The lowest BCUT2D eigenvalue weighted by molar-refractivity contribution is -0.120. The van der Waals surface area contributed by atoms with Gasteiger partial charge in [-0.25, -0.2) is 4.99 Å². The highest BCUT2D eigenvalue weighted by Gasteiger charge is 2.34. The second kappa shape index (κ2) is 10.4. The van der Waals surface area contributed by atoms with Crippen molar-refractivity contribution in [2.45, 2.75) is 25.6 Å². The Morgan fingerprint density at radius 1 is 0.974 bits per heavy atom. The Morgan fingerprint density at radius 2 is 1.64 bits per heavy atom. The third-order valence-electron chi connectivity index (χ3n) is 6.38. The molecule has 39 heavy (non-hydrogen) atoms. The molecule has 0 spiro atoms. The van der Waals surface area contributed by atoms with Crippen molar-refractivity contribution in [2.75, 3.05) is 18.5 Å². The van der Waals surface area contributed by atoms with Gasteiger partial charge in [-0.2, -0.15) is 0 Å². The van der Waals surface area contributed by atoms with Gasteiger partial charge in [0.1, 0.15) is 5.70 Å². The maximum atomic E-state index is 13.5. The fraction of sp³-hybridized carbons (Fsp3) is 0.207. The number of nitrogens with one attached hydrogen (secondary N) is 1. The van der Waals surface area contributed by atoms with Gasteiger partial charge in [0.25, 0.3) is 5.91 Å². The Bertz CT molecular complexity index is 1520. The molecule has 1 unspecified atom stereocenters. The van der Waals surface area contributed by atoms with Crippen LogP contribution < -0.4 is 29.2 Å². The van der Waals surface area contributed by atoms with Gasteiger partial charge in [0.15, 0.2) is 28.2 Å². The molecule has 1 N–H and O–H groups in total. The lowest BCUT2D eigenvalue weighted by atomic mass is 10.1. The maximum Gasteiger partial charge on any atom is 0.283 e.